The molecule has 1 saturated heterocycles. The first-order valence-electron chi connectivity index (χ1n) is 8.21. The van der Waals surface area contributed by atoms with E-state index in [1.54, 1.807) is 24.8 Å². The summed E-state index contributed by atoms with van der Waals surface area (Å²) in [4.78, 5) is 32.9. The van der Waals surface area contributed by atoms with Crippen LogP contribution in [0.4, 0.5) is 5.82 Å². The summed E-state index contributed by atoms with van der Waals surface area (Å²) in [6, 6.07) is 4.10. The van der Waals surface area contributed by atoms with Crippen LogP contribution in [0, 0.1) is 5.41 Å². The molecule has 2 aromatic rings. The standard InChI is InChI=1S/C17H20N6O/c1-22(15-3-6-19-12-21-15)13-8-17(9-13)4-7-23(10-17)16(24)14-2-5-18-11-20-14/h2-3,5-6,11-13H,4,7-10H2,1H3. The molecule has 0 N–H and O–H groups in total. The number of rotatable bonds is 3. The van der Waals surface area contributed by atoms with Crippen molar-refractivity contribution in [3.8, 4) is 0 Å². The molecular weight excluding hydrogens is 304 g/mol. The number of carbonyl (C=O) groups excluding carboxylic acids is 1. The van der Waals surface area contributed by atoms with Crippen LogP contribution in [0.3, 0.4) is 0 Å². The quantitative estimate of drug-likeness (QED) is 0.849. The predicted octanol–water partition coefficient (Wildman–Crippen LogP) is 1.40. The summed E-state index contributed by atoms with van der Waals surface area (Å²) < 4.78 is 0. The summed E-state index contributed by atoms with van der Waals surface area (Å²) in [5.41, 5.74) is 0.741. The average Bonchev–Trinajstić information content (AvgIpc) is 3.06. The largest absolute Gasteiger partial charge is 0.357 e. The summed E-state index contributed by atoms with van der Waals surface area (Å²) in [5, 5.41) is 0. The Kier molecular flexibility index (Phi) is 3.63. The van der Waals surface area contributed by atoms with Gasteiger partial charge in [0.25, 0.3) is 5.91 Å². The zero-order chi connectivity index (χ0) is 16.6. The van der Waals surface area contributed by atoms with Crippen molar-refractivity contribution in [1.29, 1.82) is 0 Å². The summed E-state index contributed by atoms with van der Waals surface area (Å²) in [6.07, 6.45) is 9.65. The highest BCUT2D eigenvalue weighted by atomic mass is 16.2. The lowest BCUT2D eigenvalue weighted by molar-refractivity contribution is 0.0693. The number of hydrogen-bond donors (Lipinski definition) is 0. The van der Waals surface area contributed by atoms with E-state index >= 15 is 0 Å². The molecule has 1 aliphatic carbocycles. The van der Waals surface area contributed by atoms with Gasteiger partial charge in [-0.3, -0.25) is 4.79 Å². The Hall–Kier alpha value is -2.57. The minimum Gasteiger partial charge on any atom is -0.357 e. The molecule has 2 fully saturated rings. The molecule has 1 spiro atoms. The van der Waals surface area contributed by atoms with Crippen molar-refractivity contribution >= 4 is 11.7 Å². The lowest BCUT2D eigenvalue weighted by atomic mass is 9.64. The molecule has 2 aromatic heterocycles. The molecule has 7 heteroatoms. The van der Waals surface area contributed by atoms with E-state index in [1.807, 2.05) is 11.0 Å². The van der Waals surface area contributed by atoms with Gasteiger partial charge >= 0.3 is 0 Å². The fraction of sp³-hybridized carbons (Fsp3) is 0.471. The van der Waals surface area contributed by atoms with Crippen molar-refractivity contribution in [2.24, 2.45) is 5.41 Å². The van der Waals surface area contributed by atoms with Gasteiger partial charge in [0.05, 0.1) is 0 Å². The number of nitrogens with zero attached hydrogens (tertiary/aromatic N) is 6. The van der Waals surface area contributed by atoms with Crippen molar-refractivity contribution < 1.29 is 4.79 Å². The van der Waals surface area contributed by atoms with E-state index in [1.165, 1.54) is 6.33 Å². The summed E-state index contributed by atoms with van der Waals surface area (Å²) in [6.45, 7) is 1.64. The van der Waals surface area contributed by atoms with Gasteiger partial charge in [0.15, 0.2) is 0 Å². The third kappa shape index (κ3) is 2.60. The van der Waals surface area contributed by atoms with Gasteiger partial charge in [-0.2, -0.15) is 0 Å². The van der Waals surface area contributed by atoms with Crippen molar-refractivity contribution in [1.82, 2.24) is 24.8 Å². The Labute approximate surface area is 140 Å². The molecule has 7 nitrogen and oxygen atoms in total. The van der Waals surface area contributed by atoms with Gasteiger partial charge in [-0.05, 0) is 36.8 Å². The van der Waals surface area contributed by atoms with Gasteiger partial charge < -0.3 is 9.80 Å². The Balaban J connectivity index is 1.37. The second-order valence-electron chi connectivity index (χ2n) is 6.81. The topological polar surface area (TPSA) is 75.1 Å². The minimum atomic E-state index is 0.0156. The molecule has 124 valence electrons. The summed E-state index contributed by atoms with van der Waals surface area (Å²) in [7, 11) is 2.08. The smallest absolute Gasteiger partial charge is 0.272 e. The zero-order valence-corrected chi connectivity index (χ0v) is 13.7. The Bertz CT molecular complexity index is 716. The third-order valence-electron chi connectivity index (χ3n) is 5.34. The molecule has 0 bridgehead atoms. The van der Waals surface area contributed by atoms with Gasteiger partial charge in [-0.25, -0.2) is 19.9 Å². The SMILES string of the molecule is CN(c1ccncn1)C1CC2(CCN(C(=O)c3ccncn3)C2)C1. The molecule has 0 aromatic carbocycles. The number of hydrogen-bond acceptors (Lipinski definition) is 6. The van der Waals surface area contributed by atoms with Crippen LogP contribution < -0.4 is 4.90 Å². The lowest BCUT2D eigenvalue weighted by Gasteiger charge is -2.49. The van der Waals surface area contributed by atoms with Crippen molar-refractivity contribution in [2.75, 3.05) is 25.0 Å². The predicted molar refractivity (Wildman–Crippen MR) is 88.4 cm³/mol. The van der Waals surface area contributed by atoms with E-state index in [-0.39, 0.29) is 11.3 Å². The average molecular weight is 324 g/mol. The first-order chi connectivity index (χ1) is 11.7. The van der Waals surface area contributed by atoms with Crippen molar-refractivity contribution in [2.45, 2.75) is 25.3 Å². The molecule has 0 radical (unpaired) electrons. The van der Waals surface area contributed by atoms with Crippen LogP contribution in [0.2, 0.25) is 0 Å². The minimum absolute atomic E-state index is 0.0156. The molecule has 1 amide bonds. The van der Waals surface area contributed by atoms with Crippen LogP contribution in [0.5, 0.6) is 0 Å². The molecule has 24 heavy (non-hydrogen) atoms. The number of likely N-dealkylation sites (tertiary alicyclic amines) is 1. The van der Waals surface area contributed by atoms with Crippen LogP contribution in [0.1, 0.15) is 29.8 Å². The molecule has 4 rings (SSSR count). The molecule has 2 aliphatic rings. The maximum Gasteiger partial charge on any atom is 0.272 e. The fourth-order valence-corrected chi connectivity index (χ4v) is 3.91. The van der Waals surface area contributed by atoms with Gasteiger partial charge in [-0.1, -0.05) is 0 Å². The van der Waals surface area contributed by atoms with Crippen LogP contribution >= 0.6 is 0 Å². The maximum atomic E-state index is 12.5. The highest BCUT2D eigenvalue weighted by Gasteiger charge is 2.50. The molecular formula is C17H20N6O. The molecule has 1 aliphatic heterocycles. The van der Waals surface area contributed by atoms with Gasteiger partial charge in [0, 0.05) is 38.6 Å². The van der Waals surface area contributed by atoms with Gasteiger partial charge in [-0.15, -0.1) is 0 Å². The Morgan fingerprint density at radius 2 is 1.96 bits per heavy atom. The Morgan fingerprint density at radius 1 is 1.21 bits per heavy atom. The van der Waals surface area contributed by atoms with E-state index in [2.05, 4.69) is 31.9 Å². The molecule has 0 atom stereocenters. The van der Waals surface area contributed by atoms with E-state index in [4.69, 9.17) is 0 Å². The Morgan fingerprint density at radius 3 is 2.62 bits per heavy atom. The lowest BCUT2D eigenvalue weighted by Crippen LogP contribution is -2.51. The second-order valence-corrected chi connectivity index (χ2v) is 6.81. The number of amides is 1. The van der Waals surface area contributed by atoms with E-state index in [0.29, 0.717) is 11.7 Å². The van der Waals surface area contributed by atoms with Crippen LogP contribution in [-0.2, 0) is 0 Å². The van der Waals surface area contributed by atoms with Crippen LogP contribution in [-0.4, -0.2) is 56.9 Å². The van der Waals surface area contributed by atoms with Crippen LogP contribution in [0.25, 0.3) is 0 Å². The summed E-state index contributed by atoms with van der Waals surface area (Å²) in [5.74, 6) is 0.971. The van der Waals surface area contributed by atoms with Crippen molar-refractivity contribution in [3.05, 3.63) is 42.9 Å². The number of anilines is 1. The monoisotopic (exact) mass is 324 g/mol. The molecule has 1 saturated carbocycles. The van der Waals surface area contributed by atoms with E-state index < -0.39 is 0 Å². The first kappa shape index (κ1) is 15.0. The zero-order valence-electron chi connectivity index (χ0n) is 13.7. The summed E-state index contributed by atoms with van der Waals surface area (Å²) >= 11 is 0. The highest BCUT2D eigenvalue weighted by Crippen LogP contribution is 2.50. The first-order valence-corrected chi connectivity index (χ1v) is 8.21. The van der Waals surface area contributed by atoms with Crippen LogP contribution in [0.15, 0.2) is 37.2 Å². The highest BCUT2D eigenvalue weighted by molar-refractivity contribution is 5.92. The fourth-order valence-electron chi connectivity index (χ4n) is 3.91. The number of aromatic nitrogens is 4. The van der Waals surface area contributed by atoms with Gasteiger partial charge in [0.1, 0.15) is 24.2 Å². The van der Waals surface area contributed by atoms with Gasteiger partial charge in [0.2, 0.25) is 0 Å². The normalized spacial score (nSPS) is 25.5. The molecule has 0 unspecified atom stereocenters. The number of carbonyl (C=O) groups is 1. The second kappa shape index (κ2) is 5.81. The maximum absolute atomic E-state index is 12.5. The third-order valence-corrected chi connectivity index (χ3v) is 5.34. The van der Waals surface area contributed by atoms with E-state index in [0.717, 1.165) is 38.2 Å². The van der Waals surface area contributed by atoms with Crippen molar-refractivity contribution in [3.63, 3.8) is 0 Å². The molecule has 3 heterocycles. The van der Waals surface area contributed by atoms with E-state index in [9.17, 15) is 4.79 Å².